The van der Waals surface area contributed by atoms with E-state index in [1.807, 2.05) is 33.9 Å². The SMILES string of the molecule is CC(C)n1ccc(Cn2ccc(I)n2)n1. The van der Waals surface area contributed by atoms with Crippen LogP contribution < -0.4 is 0 Å². The lowest BCUT2D eigenvalue weighted by Gasteiger charge is -2.03. The standard InChI is InChI=1S/C10H13IN4/c1-8(2)15-6-3-9(12-15)7-14-5-4-10(11)13-14/h3-6,8H,7H2,1-2H3. The van der Waals surface area contributed by atoms with Crippen LogP contribution in [0.15, 0.2) is 24.5 Å². The van der Waals surface area contributed by atoms with Crippen LogP contribution in [0.4, 0.5) is 0 Å². The summed E-state index contributed by atoms with van der Waals surface area (Å²) in [6, 6.07) is 4.44. The number of halogens is 1. The fourth-order valence-corrected chi connectivity index (χ4v) is 1.78. The Morgan fingerprint density at radius 1 is 1.27 bits per heavy atom. The van der Waals surface area contributed by atoms with Gasteiger partial charge in [0.15, 0.2) is 0 Å². The lowest BCUT2D eigenvalue weighted by atomic mass is 10.4. The topological polar surface area (TPSA) is 35.6 Å². The van der Waals surface area contributed by atoms with Crippen LogP contribution in [0.25, 0.3) is 0 Å². The zero-order chi connectivity index (χ0) is 10.8. The van der Waals surface area contributed by atoms with Gasteiger partial charge in [-0.3, -0.25) is 9.36 Å². The molecule has 2 aromatic rings. The summed E-state index contributed by atoms with van der Waals surface area (Å²) in [6.07, 6.45) is 3.98. The minimum atomic E-state index is 0.413. The molecule has 15 heavy (non-hydrogen) atoms. The summed E-state index contributed by atoms with van der Waals surface area (Å²) < 4.78 is 4.87. The molecule has 0 N–H and O–H groups in total. The summed E-state index contributed by atoms with van der Waals surface area (Å²) in [4.78, 5) is 0. The largest absolute Gasteiger partial charge is 0.270 e. The van der Waals surface area contributed by atoms with Crippen LogP contribution in [0.2, 0.25) is 0 Å². The van der Waals surface area contributed by atoms with Gasteiger partial charge in [-0.15, -0.1) is 0 Å². The second-order valence-electron chi connectivity index (χ2n) is 3.72. The molecule has 0 aromatic carbocycles. The predicted molar refractivity (Wildman–Crippen MR) is 66.7 cm³/mol. The van der Waals surface area contributed by atoms with Gasteiger partial charge in [-0.2, -0.15) is 10.2 Å². The lowest BCUT2D eigenvalue weighted by Crippen LogP contribution is -2.05. The first kappa shape index (κ1) is 10.7. The van der Waals surface area contributed by atoms with Gasteiger partial charge in [0.25, 0.3) is 0 Å². The minimum Gasteiger partial charge on any atom is -0.270 e. The van der Waals surface area contributed by atoms with E-state index in [1.54, 1.807) is 0 Å². The first-order chi connectivity index (χ1) is 7.15. The Balaban J connectivity index is 2.11. The Labute approximate surface area is 102 Å². The summed E-state index contributed by atoms with van der Waals surface area (Å²) in [7, 11) is 0. The van der Waals surface area contributed by atoms with E-state index >= 15 is 0 Å². The zero-order valence-electron chi connectivity index (χ0n) is 8.76. The van der Waals surface area contributed by atoms with Crippen LogP contribution >= 0.6 is 22.6 Å². The van der Waals surface area contributed by atoms with Gasteiger partial charge in [0.2, 0.25) is 0 Å². The number of nitrogens with zero attached hydrogens (tertiary/aromatic N) is 4. The molecule has 0 amide bonds. The fourth-order valence-electron chi connectivity index (χ4n) is 1.34. The van der Waals surface area contributed by atoms with E-state index in [1.165, 1.54) is 0 Å². The maximum Gasteiger partial charge on any atom is 0.123 e. The molecular weight excluding hydrogens is 303 g/mol. The van der Waals surface area contributed by atoms with Gasteiger partial charge in [0.1, 0.15) is 3.70 Å². The van der Waals surface area contributed by atoms with Gasteiger partial charge in [0, 0.05) is 18.4 Å². The molecule has 0 bridgehead atoms. The van der Waals surface area contributed by atoms with E-state index in [0.717, 1.165) is 15.9 Å². The van der Waals surface area contributed by atoms with Gasteiger partial charge in [-0.05, 0) is 48.6 Å². The van der Waals surface area contributed by atoms with Gasteiger partial charge in [0.05, 0.1) is 12.2 Å². The molecule has 4 nitrogen and oxygen atoms in total. The molecule has 0 saturated heterocycles. The Bertz CT molecular complexity index is 444. The molecule has 2 rings (SSSR count). The minimum absolute atomic E-state index is 0.413. The van der Waals surface area contributed by atoms with E-state index in [-0.39, 0.29) is 0 Å². The van der Waals surface area contributed by atoms with Gasteiger partial charge >= 0.3 is 0 Å². The molecule has 80 valence electrons. The van der Waals surface area contributed by atoms with Crippen molar-refractivity contribution >= 4 is 22.6 Å². The maximum absolute atomic E-state index is 4.47. The Kier molecular flexibility index (Phi) is 3.08. The van der Waals surface area contributed by atoms with E-state index in [4.69, 9.17) is 0 Å². The molecule has 0 atom stereocenters. The van der Waals surface area contributed by atoms with Crippen molar-refractivity contribution in [2.45, 2.75) is 26.4 Å². The average molecular weight is 316 g/mol. The molecule has 0 aliphatic rings. The van der Waals surface area contributed by atoms with Gasteiger partial charge < -0.3 is 0 Å². The molecule has 5 heteroatoms. The van der Waals surface area contributed by atoms with Crippen molar-refractivity contribution in [3.8, 4) is 0 Å². The summed E-state index contributed by atoms with van der Waals surface area (Å²) >= 11 is 2.20. The monoisotopic (exact) mass is 316 g/mol. The van der Waals surface area contributed by atoms with Gasteiger partial charge in [-0.1, -0.05) is 0 Å². The smallest absolute Gasteiger partial charge is 0.123 e. The molecule has 0 saturated carbocycles. The molecular formula is C10H13IN4. The third-order valence-corrected chi connectivity index (χ3v) is 2.70. The quantitative estimate of drug-likeness (QED) is 0.815. The Morgan fingerprint density at radius 2 is 2.07 bits per heavy atom. The molecule has 2 aromatic heterocycles. The van der Waals surface area contributed by atoms with E-state index in [0.29, 0.717) is 6.04 Å². The molecule has 2 heterocycles. The van der Waals surface area contributed by atoms with Crippen LogP contribution in [0, 0.1) is 3.70 Å². The number of hydrogen-bond acceptors (Lipinski definition) is 2. The highest BCUT2D eigenvalue weighted by Crippen LogP contribution is 2.06. The second-order valence-corrected chi connectivity index (χ2v) is 4.82. The molecule has 0 radical (unpaired) electrons. The number of hydrogen-bond donors (Lipinski definition) is 0. The van der Waals surface area contributed by atoms with Crippen LogP contribution in [-0.4, -0.2) is 19.6 Å². The zero-order valence-corrected chi connectivity index (χ0v) is 10.9. The average Bonchev–Trinajstić information content (AvgIpc) is 2.76. The number of aromatic nitrogens is 4. The summed E-state index contributed by atoms with van der Waals surface area (Å²) in [5, 5.41) is 8.78. The van der Waals surface area contributed by atoms with Crippen LogP contribution in [-0.2, 0) is 6.54 Å². The predicted octanol–water partition coefficient (Wildman–Crippen LogP) is 2.31. The van der Waals surface area contributed by atoms with Crippen molar-refractivity contribution in [1.29, 1.82) is 0 Å². The molecule has 0 aliphatic carbocycles. The summed E-state index contributed by atoms with van der Waals surface area (Å²) in [6.45, 7) is 4.98. The highest BCUT2D eigenvalue weighted by Gasteiger charge is 2.03. The molecule has 0 aliphatic heterocycles. The summed E-state index contributed by atoms with van der Waals surface area (Å²) in [5.74, 6) is 0. The van der Waals surface area contributed by atoms with Crippen molar-refractivity contribution in [2.24, 2.45) is 0 Å². The Morgan fingerprint density at radius 3 is 2.60 bits per heavy atom. The van der Waals surface area contributed by atoms with E-state index < -0.39 is 0 Å². The molecule has 0 spiro atoms. The van der Waals surface area contributed by atoms with Crippen molar-refractivity contribution < 1.29 is 0 Å². The highest BCUT2D eigenvalue weighted by molar-refractivity contribution is 14.1. The normalized spacial score (nSPS) is 11.2. The highest BCUT2D eigenvalue weighted by atomic mass is 127. The molecule has 0 unspecified atom stereocenters. The Hall–Kier alpha value is -0.850. The van der Waals surface area contributed by atoms with Crippen LogP contribution in [0.3, 0.4) is 0 Å². The third kappa shape index (κ3) is 2.58. The van der Waals surface area contributed by atoms with Gasteiger partial charge in [-0.25, -0.2) is 0 Å². The van der Waals surface area contributed by atoms with Crippen molar-refractivity contribution in [1.82, 2.24) is 19.6 Å². The maximum atomic E-state index is 4.47. The number of rotatable bonds is 3. The van der Waals surface area contributed by atoms with Crippen LogP contribution in [0.1, 0.15) is 25.6 Å². The fraction of sp³-hybridized carbons (Fsp3) is 0.400. The lowest BCUT2D eigenvalue weighted by molar-refractivity contribution is 0.520. The van der Waals surface area contributed by atoms with Crippen molar-refractivity contribution in [2.75, 3.05) is 0 Å². The molecule has 0 fully saturated rings. The third-order valence-electron chi connectivity index (χ3n) is 2.12. The van der Waals surface area contributed by atoms with E-state index in [2.05, 4.69) is 46.6 Å². The van der Waals surface area contributed by atoms with Crippen molar-refractivity contribution in [3.05, 3.63) is 33.9 Å². The van der Waals surface area contributed by atoms with Crippen LogP contribution in [0.5, 0.6) is 0 Å². The first-order valence-corrected chi connectivity index (χ1v) is 5.96. The van der Waals surface area contributed by atoms with E-state index in [9.17, 15) is 0 Å². The second kappa shape index (κ2) is 4.34. The van der Waals surface area contributed by atoms with Crippen molar-refractivity contribution in [3.63, 3.8) is 0 Å². The summed E-state index contributed by atoms with van der Waals surface area (Å²) in [5.41, 5.74) is 1.04. The first-order valence-electron chi connectivity index (χ1n) is 4.88.